The summed E-state index contributed by atoms with van der Waals surface area (Å²) in [6, 6.07) is 17.7. The van der Waals surface area contributed by atoms with E-state index in [9.17, 15) is 0 Å². The van der Waals surface area contributed by atoms with Crippen LogP contribution in [0.3, 0.4) is 0 Å². The van der Waals surface area contributed by atoms with Crippen LogP contribution in [-0.2, 0) is 22.6 Å². The van der Waals surface area contributed by atoms with Gasteiger partial charge in [0.1, 0.15) is 0 Å². The summed E-state index contributed by atoms with van der Waals surface area (Å²) in [5, 5.41) is 0. The van der Waals surface area contributed by atoms with Gasteiger partial charge < -0.3 is 4.90 Å². The van der Waals surface area contributed by atoms with E-state index in [0.717, 1.165) is 58.2 Å². The molecule has 2 saturated carbocycles. The van der Waals surface area contributed by atoms with Crippen LogP contribution in [0.15, 0.2) is 48.5 Å². The Labute approximate surface area is 180 Å². The smallest absolute Gasteiger partial charge is 0.0699 e. The number of nitrogens with zero attached hydrogens (tertiary/aromatic N) is 1. The van der Waals surface area contributed by atoms with E-state index in [1.165, 1.54) is 28.7 Å². The summed E-state index contributed by atoms with van der Waals surface area (Å²) in [6.07, 6.45) is 7.75. The van der Waals surface area contributed by atoms with Crippen molar-refractivity contribution in [2.75, 3.05) is 19.6 Å². The van der Waals surface area contributed by atoms with E-state index in [-0.39, 0.29) is 9.75 Å². The molecule has 0 heterocycles. The zero-order valence-corrected chi connectivity index (χ0v) is 18.4. The number of hydrogen-bond acceptors (Lipinski definition) is 1. The second-order valence-electron chi connectivity index (χ2n) is 8.58. The lowest BCUT2D eigenvalue weighted by molar-refractivity contribution is 0.288. The number of hydrogen-bond donors (Lipinski definition) is 0. The molecule has 0 bridgehead atoms. The molecule has 2 fully saturated rings. The zero-order chi connectivity index (χ0) is 19.6. The van der Waals surface area contributed by atoms with Crippen LogP contribution < -0.4 is 0 Å². The van der Waals surface area contributed by atoms with Gasteiger partial charge in [-0.05, 0) is 80.3 Å². The third-order valence-electron chi connectivity index (χ3n) is 6.37. The van der Waals surface area contributed by atoms with Crippen molar-refractivity contribution >= 4 is 23.2 Å². The highest BCUT2D eigenvalue weighted by Crippen LogP contribution is 2.60. The molecule has 150 valence electrons. The highest BCUT2D eigenvalue weighted by molar-refractivity contribution is 6.28. The van der Waals surface area contributed by atoms with Crippen molar-refractivity contribution in [3.05, 3.63) is 70.8 Å². The predicted octanol–water partition coefficient (Wildman–Crippen LogP) is 6.64. The number of likely N-dealkylation sites (N-methyl/N-ethyl adjacent to an activating group) is 1. The molecule has 2 aromatic rings. The molecule has 0 spiro atoms. The molecule has 28 heavy (non-hydrogen) atoms. The molecule has 2 aliphatic rings. The van der Waals surface area contributed by atoms with Crippen LogP contribution in [0, 0.1) is 0 Å². The third-order valence-corrected chi connectivity index (χ3v) is 7.54. The van der Waals surface area contributed by atoms with E-state index >= 15 is 0 Å². The number of benzene rings is 2. The summed E-state index contributed by atoms with van der Waals surface area (Å²) >= 11 is 13.6. The molecule has 2 aromatic carbocycles. The maximum atomic E-state index is 6.82. The average molecular weight is 416 g/mol. The van der Waals surface area contributed by atoms with E-state index in [0.29, 0.717) is 0 Å². The Kier molecular flexibility index (Phi) is 6.06. The molecule has 4 rings (SSSR count). The second kappa shape index (κ2) is 8.38. The standard InChI is InChI=1S/C25H31Cl2N/c1-2-28(18-12-20-7-4-3-5-8-20)17-6-9-21-10-11-22(24(26)13-14-24)23(19-21)25(27)15-16-25/h3-5,7-8,10-11,19H,2,6,9,12-18H2,1H3. The van der Waals surface area contributed by atoms with Crippen LogP contribution in [0.5, 0.6) is 0 Å². The summed E-state index contributed by atoms with van der Waals surface area (Å²) in [5.41, 5.74) is 5.44. The van der Waals surface area contributed by atoms with Crippen LogP contribution in [-0.4, -0.2) is 24.5 Å². The molecule has 1 nitrogen and oxygen atoms in total. The summed E-state index contributed by atoms with van der Waals surface area (Å²) in [5.74, 6) is 0. The van der Waals surface area contributed by atoms with Gasteiger partial charge in [-0.15, -0.1) is 23.2 Å². The van der Waals surface area contributed by atoms with Gasteiger partial charge in [0.2, 0.25) is 0 Å². The first-order valence-corrected chi connectivity index (χ1v) is 11.6. The molecular formula is C25H31Cl2N. The van der Waals surface area contributed by atoms with Gasteiger partial charge in [0.25, 0.3) is 0 Å². The first kappa shape index (κ1) is 20.3. The maximum Gasteiger partial charge on any atom is 0.0699 e. The number of rotatable bonds is 10. The molecule has 2 aliphatic carbocycles. The molecule has 0 atom stereocenters. The largest absolute Gasteiger partial charge is 0.303 e. The van der Waals surface area contributed by atoms with Crippen molar-refractivity contribution in [1.29, 1.82) is 0 Å². The fourth-order valence-corrected chi connectivity index (χ4v) is 4.64. The Bertz CT molecular complexity index is 793. The van der Waals surface area contributed by atoms with Gasteiger partial charge >= 0.3 is 0 Å². The van der Waals surface area contributed by atoms with E-state index < -0.39 is 0 Å². The number of alkyl halides is 2. The molecule has 0 unspecified atom stereocenters. The summed E-state index contributed by atoms with van der Waals surface area (Å²) in [7, 11) is 0. The summed E-state index contributed by atoms with van der Waals surface area (Å²) in [6.45, 7) is 5.64. The Balaban J connectivity index is 1.33. The molecule has 0 amide bonds. The summed E-state index contributed by atoms with van der Waals surface area (Å²) < 4.78 is 0. The van der Waals surface area contributed by atoms with Crippen LogP contribution in [0.1, 0.15) is 61.3 Å². The molecule has 0 saturated heterocycles. The lowest BCUT2D eigenvalue weighted by Gasteiger charge is -2.21. The molecule has 0 N–H and O–H groups in total. The van der Waals surface area contributed by atoms with Gasteiger partial charge in [-0.25, -0.2) is 0 Å². The highest BCUT2D eigenvalue weighted by atomic mass is 35.5. The number of aryl methyl sites for hydroxylation is 1. The van der Waals surface area contributed by atoms with Gasteiger partial charge in [0.05, 0.1) is 9.75 Å². The number of halogens is 2. The van der Waals surface area contributed by atoms with Crippen LogP contribution >= 0.6 is 23.2 Å². The Morgan fingerprint density at radius 3 is 2.11 bits per heavy atom. The lowest BCUT2D eigenvalue weighted by Crippen LogP contribution is -2.27. The van der Waals surface area contributed by atoms with Crippen molar-refractivity contribution in [3.8, 4) is 0 Å². The second-order valence-corrected chi connectivity index (χ2v) is 10.0. The average Bonchev–Trinajstić information content (AvgIpc) is 3.64. The van der Waals surface area contributed by atoms with Gasteiger partial charge in [0, 0.05) is 6.54 Å². The zero-order valence-electron chi connectivity index (χ0n) is 16.9. The van der Waals surface area contributed by atoms with E-state index in [4.69, 9.17) is 23.2 Å². The van der Waals surface area contributed by atoms with Gasteiger partial charge in [-0.3, -0.25) is 0 Å². The van der Waals surface area contributed by atoms with Gasteiger partial charge in [-0.2, -0.15) is 0 Å². The minimum Gasteiger partial charge on any atom is -0.303 e. The van der Waals surface area contributed by atoms with E-state index in [2.05, 4.69) is 60.4 Å². The van der Waals surface area contributed by atoms with Crippen molar-refractivity contribution in [3.63, 3.8) is 0 Å². The molecule has 0 aromatic heterocycles. The highest BCUT2D eigenvalue weighted by Gasteiger charge is 2.50. The molecule has 3 heteroatoms. The fourth-order valence-electron chi connectivity index (χ4n) is 4.13. The normalized spacial score (nSPS) is 19.0. The Hall–Kier alpha value is -1.02. The minimum atomic E-state index is -0.138. The summed E-state index contributed by atoms with van der Waals surface area (Å²) in [4.78, 5) is 2.29. The molecule has 0 radical (unpaired) electrons. The van der Waals surface area contributed by atoms with Gasteiger partial charge in [0.15, 0.2) is 0 Å². The van der Waals surface area contributed by atoms with Crippen molar-refractivity contribution in [2.45, 2.75) is 61.6 Å². The quantitative estimate of drug-likeness (QED) is 0.393. The van der Waals surface area contributed by atoms with Gasteiger partial charge in [-0.1, -0.05) is 55.5 Å². The van der Waals surface area contributed by atoms with E-state index in [1.54, 1.807) is 0 Å². The van der Waals surface area contributed by atoms with Crippen LogP contribution in [0.4, 0.5) is 0 Å². The maximum absolute atomic E-state index is 6.82. The predicted molar refractivity (Wildman–Crippen MR) is 121 cm³/mol. The van der Waals surface area contributed by atoms with Crippen LogP contribution in [0.25, 0.3) is 0 Å². The molecular weight excluding hydrogens is 385 g/mol. The Morgan fingerprint density at radius 2 is 1.46 bits per heavy atom. The first-order valence-electron chi connectivity index (χ1n) is 10.8. The van der Waals surface area contributed by atoms with Crippen LogP contribution in [0.2, 0.25) is 0 Å². The SMILES string of the molecule is CCN(CCCc1ccc(C2(Cl)CC2)c(C2(Cl)CC2)c1)CCc1ccccc1. The minimum absolute atomic E-state index is 0.130. The monoisotopic (exact) mass is 415 g/mol. The third kappa shape index (κ3) is 4.75. The topological polar surface area (TPSA) is 3.24 Å². The van der Waals surface area contributed by atoms with Crippen molar-refractivity contribution in [2.24, 2.45) is 0 Å². The first-order chi connectivity index (χ1) is 13.5. The Morgan fingerprint density at radius 1 is 0.786 bits per heavy atom. The lowest BCUT2D eigenvalue weighted by atomic mass is 9.94. The fraction of sp³-hybridized carbons (Fsp3) is 0.520. The van der Waals surface area contributed by atoms with Crippen molar-refractivity contribution < 1.29 is 0 Å². The molecule has 0 aliphatic heterocycles. The van der Waals surface area contributed by atoms with E-state index in [1.807, 2.05) is 0 Å². The van der Waals surface area contributed by atoms with Crippen molar-refractivity contribution in [1.82, 2.24) is 4.90 Å².